The summed E-state index contributed by atoms with van der Waals surface area (Å²) in [6, 6.07) is 22.7. The van der Waals surface area contributed by atoms with Crippen molar-refractivity contribution in [2.75, 3.05) is 5.01 Å². The molecule has 0 aliphatic rings. The predicted octanol–water partition coefficient (Wildman–Crippen LogP) is 6.12. The van der Waals surface area contributed by atoms with Crippen LogP contribution >= 0.6 is 0 Å². The normalized spacial score (nSPS) is 11.9. The highest BCUT2D eigenvalue weighted by Gasteiger charge is 2.41. The van der Waals surface area contributed by atoms with Crippen LogP contribution in [0.5, 0.6) is 0 Å². The molecule has 0 fully saturated rings. The SMILES string of the molecule is CC(C)C(=O)C(C)(C)C(=O)N(N=Nc1cccc2ccccc12)c1ccccc1. The van der Waals surface area contributed by atoms with Gasteiger partial charge in [-0.15, -0.1) is 5.11 Å². The summed E-state index contributed by atoms with van der Waals surface area (Å²) in [6.45, 7) is 6.87. The van der Waals surface area contributed by atoms with Gasteiger partial charge in [0.1, 0.15) is 11.2 Å². The number of amides is 1. The van der Waals surface area contributed by atoms with Gasteiger partial charge in [0.05, 0.1) is 11.4 Å². The molecule has 0 unspecified atom stereocenters. The number of hydrogen-bond acceptors (Lipinski definition) is 4. The number of rotatable bonds is 6. The van der Waals surface area contributed by atoms with Crippen molar-refractivity contribution < 1.29 is 9.59 Å². The van der Waals surface area contributed by atoms with Crippen LogP contribution in [0.25, 0.3) is 10.8 Å². The maximum atomic E-state index is 13.3. The Hall–Kier alpha value is -3.34. The second kappa shape index (κ2) is 8.35. The Kier molecular flexibility index (Phi) is 5.87. The molecule has 0 N–H and O–H groups in total. The molecule has 148 valence electrons. The third-order valence-corrected chi connectivity index (χ3v) is 4.88. The molecular weight excluding hydrogens is 362 g/mol. The van der Waals surface area contributed by atoms with Crippen molar-refractivity contribution in [3.63, 3.8) is 0 Å². The first-order valence-corrected chi connectivity index (χ1v) is 9.65. The van der Waals surface area contributed by atoms with Gasteiger partial charge in [0.15, 0.2) is 0 Å². The molecule has 3 rings (SSSR count). The average molecular weight is 387 g/mol. The van der Waals surface area contributed by atoms with Gasteiger partial charge in [-0.25, -0.2) is 0 Å². The summed E-state index contributed by atoms with van der Waals surface area (Å²) in [5.74, 6) is -0.809. The number of nitrogens with zero attached hydrogens (tertiary/aromatic N) is 3. The van der Waals surface area contributed by atoms with E-state index in [1.54, 1.807) is 39.8 Å². The van der Waals surface area contributed by atoms with Crippen molar-refractivity contribution in [1.82, 2.24) is 0 Å². The molecule has 0 saturated heterocycles. The Labute approximate surface area is 171 Å². The maximum Gasteiger partial charge on any atom is 0.261 e. The Morgan fingerprint density at radius 2 is 1.48 bits per heavy atom. The molecule has 0 aromatic heterocycles. The molecule has 0 aliphatic heterocycles. The van der Waals surface area contributed by atoms with Crippen LogP contribution in [0.1, 0.15) is 27.7 Å². The van der Waals surface area contributed by atoms with Crippen molar-refractivity contribution in [2.24, 2.45) is 21.7 Å². The van der Waals surface area contributed by atoms with Crippen molar-refractivity contribution in [3.05, 3.63) is 72.8 Å². The molecule has 5 nitrogen and oxygen atoms in total. The molecule has 0 spiro atoms. The molecule has 0 radical (unpaired) electrons. The van der Waals surface area contributed by atoms with Crippen LogP contribution in [-0.2, 0) is 9.59 Å². The molecule has 29 heavy (non-hydrogen) atoms. The summed E-state index contributed by atoms with van der Waals surface area (Å²) in [7, 11) is 0. The molecule has 0 aliphatic carbocycles. The van der Waals surface area contributed by atoms with E-state index in [2.05, 4.69) is 10.3 Å². The van der Waals surface area contributed by atoms with Gasteiger partial charge in [-0.3, -0.25) is 9.59 Å². The van der Waals surface area contributed by atoms with E-state index in [-0.39, 0.29) is 11.7 Å². The second-order valence-electron chi connectivity index (χ2n) is 7.78. The van der Waals surface area contributed by atoms with E-state index in [4.69, 9.17) is 0 Å². The van der Waals surface area contributed by atoms with Crippen LogP contribution in [0.4, 0.5) is 11.4 Å². The fourth-order valence-corrected chi connectivity index (χ4v) is 3.26. The zero-order chi connectivity index (χ0) is 21.0. The second-order valence-corrected chi connectivity index (χ2v) is 7.78. The van der Waals surface area contributed by atoms with Crippen LogP contribution < -0.4 is 5.01 Å². The van der Waals surface area contributed by atoms with Crippen molar-refractivity contribution >= 4 is 33.8 Å². The molecule has 0 bridgehead atoms. The number of carbonyl (C=O) groups excluding carboxylic acids is 2. The lowest BCUT2D eigenvalue weighted by Crippen LogP contribution is -2.44. The lowest BCUT2D eigenvalue weighted by molar-refractivity contribution is -0.140. The number of carbonyl (C=O) groups is 2. The fourth-order valence-electron chi connectivity index (χ4n) is 3.26. The lowest BCUT2D eigenvalue weighted by Gasteiger charge is -2.28. The van der Waals surface area contributed by atoms with E-state index in [0.717, 1.165) is 10.8 Å². The van der Waals surface area contributed by atoms with Crippen LogP contribution in [0.3, 0.4) is 0 Å². The van der Waals surface area contributed by atoms with Gasteiger partial charge in [-0.05, 0) is 37.4 Å². The number of anilines is 1. The minimum Gasteiger partial charge on any atom is -0.298 e. The maximum absolute atomic E-state index is 13.3. The minimum absolute atomic E-state index is 0.135. The molecular formula is C24H25N3O2. The number of Topliss-reactive ketones (excluding diaryl/α,β-unsaturated/α-hetero) is 1. The molecule has 0 saturated carbocycles. The Morgan fingerprint density at radius 3 is 2.17 bits per heavy atom. The Balaban J connectivity index is 2.04. The van der Waals surface area contributed by atoms with E-state index >= 15 is 0 Å². The standard InChI is InChI=1S/C24H25N3O2/c1-17(2)22(28)24(3,4)23(29)27(19-13-6-5-7-14-19)26-25-21-16-10-12-18-11-8-9-15-20(18)21/h5-17H,1-4H3. The van der Waals surface area contributed by atoms with E-state index in [1.165, 1.54) is 5.01 Å². The lowest BCUT2D eigenvalue weighted by atomic mass is 9.81. The van der Waals surface area contributed by atoms with Crippen molar-refractivity contribution in [1.29, 1.82) is 0 Å². The van der Waals surface area contributed by atoms with Gasteiger partial charge in [0.2, 0.25) is 0 Å². The summed E-state index contributed by atoms with van der Waals surface area (Å²) >= 11 is 0. The highest BCUT2D eigenvalue weighted by molar-refractivity contribution is 6.11. The predicted molar refractivity (Wildman–Crippen MR) is 116 cm³/mol. The molecule has 0 heterocycles. The fraction of sp³-hybridized carbons (Fsp3) is 0.250. The molecule has 5 heteroatoms. The molecule has 1 amide bonds. The highest BCUT2D eigenvalue weighted by Crippen LogP contribution is 2.30. The highest BCUT2D eigenvalue weighted by atomic mass is 16.2. The van der Waals surface area contributed by atoms with Gasteiger partial charge in [0.25, 0.3) is 5.91 Å². The van der Waals surface area contributed by atoms with Crippen LogP contribution in [0, 0.1) is 11.3 Å². The molecule has 3 aromatic rings. The topological polar surface area (TPSA) is 62.1 Å². The smallest absolute Gasteiger partial charge is 0.261 e. The Morgan fingerprint density at radius 1 is 0.862 bits per heavy atom. The largest absolute Gasteiger partial charge is 0.298 e. The Bertz CT molecular complexity index is 1050. The van der Waals surface area contributed by atoms with E-state index in [1.807, 2.05) is 60.7 Å². The first-order valence-electron chi connectivity index (χ1n) is 9.65. The van der Waals surface area contributed by atoms with Gasteiger partial charge in [-0.1, -0.05) is 73.7 Å². The summed E-state index contributed by atoms with van der Waals surface area (Å²) in [5.41, 5.74) is -0.00199. The quantitative estimate of drug-likeness (QED) is 0.290. The summed E-state index contributed by atoms with van der Waals surface area (Å²) < 4.78 is 0. The first-order chi connectivity index (χ1) is 13.8. The number of hydrogen-bond donors (Lipinski definition) is 0. The summed E-state index contributed by atoms with van der Waals surface area (Å²) in [4.78, 5) is 26.0. The van der Waals surface area contributed by atoms with Crippen LogP contribution in [-0.4, -0.2) is 11.7 Å². The summed E-state index contributed by atoms with van der Waals surface area (Å²) in [5, 5.41) is 11.9. The van der Waals surface area contributed by atoms with Gasteiger partial charge in [-0.2, -0.15) is 5.01 Å². The number of ketones is 1. The first kappa shape index (κ1) is 20.4. The zero-order valence-corrected chi connectivity index (χ0v) is 17.2. The number of para-hydroxylation sites is 1. The average Bonchev–Trinajstić information content (AvgIpc) is 2.73. The van der Waals surface area contributed by atoms with Gasteiger partial charge >= 0.3 is 0 Å². The summed E-state index contributed by atoms with van der Waals surface area (Å²) in [6.07, 6.45) is 0. The van der Waals surface area contributed by atoms with Crippen molar-refractivity contribution in [2.45, 2.75) is 27.7 Å². The van der Waals surface area contributed by atoms with E-state index < -0.39 is 11.3 Å². The zero-order valence-electron chi connectivity index (χ0n) is 17.2. The number of benzene rings is 3. The van der Waals surface area contributed by atoms with Crippen LogP contribution in [0.15, 0.2) is 83.1 Å². The monoisotopic (exact) mass is 387 g/mol. The van der Waals surface area contributed by atoms with Crippen molar-refractivity contribution in [3.8, 4) is 0 Å². The number of fused-ring (bicyclic) bond motifs is 1. The molecule has 3 aromatic carbocycles. The minimum atomic E-state index is -1.22. The van der Waals surface area contributed by atoms with Gasteiger partial charge < -0.3 is 0 Å². The third-order valence-electron chi connectivity index (χ3n) is 4.88. The molecule has 0 atom stereocenters. The van der Waals surface area contributed by atoms with E-state index in [9.17, 15) is 9.59 Å². The third kappa shape index (κ3) is 4.24. The van der Waals surface area contributed by atoms with E-state index in [0.29, 0.717) is 11.4 Å². The van der Waals surface area contributed by atoms with Crippen LogP contribution in [0.2, 0.25) is 0 Å². The van der Waals surface area contributed by atoms with Gasteiger partial charge in [0, 0.05) is 11.3 Å².